The van der Waals surface area contributed by atoms with E-state index in [2.05, 4.69) is 5.32 Å². The summed E-state index contributed by atoms with van der Waals surface area (Å²) in [6.07, 6.45) is 1.41. The molecule has 3 N–H and O–H groups in total. The fraction of sp³-hybridized carbons (Fsp3) is 0.588. The van der Waals surface area contributed by atoms with Crippen molar-refractivity contribution < 1.29 is 14.8 Å². The third-order valence-corrected chi connectivity index (χ3v) is 4.02. The first-order chi connectivity index (χ1) is 9.78. The highest BCUT2D eigenvalue weighted by molar-refractivity contribution is 5.77. The number of carbonyl (C=O) groups excluding carboxylic acids is 1. The zero-order chi connectivity index (χ0) is 15.5. The van der Waals surface area contributed by atoms with Crippen molar-refractivity contribution in [3.8, 4) is 0 Å². The summed E-state index contributed by atoms with van der Waals surface area (Å²) in [4.78, 5) is 13.2. The van der Waals surface area contributed by atoms with Gasteiger partial charge in [0.2, 0.25) is 0 Å². The highest BCUT2D eigenvalue weighted by Crippen LogP contribution is 2.28. The van der Waals surface area contributed by atoms with Crippen LogP contribution >= 0.6 is 0 Å². The van der Waals surface area contributed by atoms with Crippen LogP contribution in [0.15, 0.2) is 30.3 Å². The van der Waals surface area contributed by atoms with Crippen LogP contribution in [0.3, 0.4) is 0 Å². The molecule has 0 atom stereocenters. The molecule has 1 aromatic rings. The van der Waals surface area contributed by atoms with Gasteiger partial charge in [-0.25, -0.2) is 0 Å². The minimum atomic E-state index is -0.731. The number of carbonyl (C=O) groups is 1. The number of quaternary nitrogens is 1. The molecule has 1 aliphatic heterocycles. The highest BCUT2D eigenvalue weighted by atomic mass is 16.3. The highest BCUT2D eigenvalue weighted by Gasteiger charge is 2.36. The molecule has 1 aromatic carbocycles. The maximum Gasteiger partial charge on any atom is 0.275 e. The lowest BCUT2D eigenvalue weighted by Crippen LogP contribution is -3.14. The van der Waals surface area contributed by atoms with E-state index in [1.807, 2.05) is 51.1 Å². The van der Waals surface area contributed by atoms with Crippen LogP contribution in [0.4, 0.5) is 0 Å². The van der Waals surface area contributed by atoms with E-state index < -0.39 is 5.60 Å². The normalized spacial score (nSPS) is 26.4. The SMILES string of the molecule is CC(C)(C)NC(=O)C[NH+]1CCC(O)(c2ccccc2)CC1. The quantitative estimate of drug-likeness (QED) is 0.758. The molecule has 21 heavy (non-hydrogen) atoms. The second-order valence-electron chi connectivity index (χ2n) is 7.12. The van der Waals surface area contributed by atoms with Crippen molar-refractivity contribution in [1.82, 2.24) is 5.32 Å². The molecule has 4 nitrogen and oxygen atoms in total. The third-order valence-electron chi connectivity index (χ3n) is 4.02. The molecule has 0 saturated carbocycles. The maximum atomic E-state index is 12.0. The molecule has 1 aliphatic rings. The smallest absolute Gasteiger partial charge is 0.275 e. The van der Waals surface area contributed by atoms with Gasteiger partial charge in [0, 0.05) is 18.4 Å². The Kier molecular flexibility index (Phi) is 4.69. The average molecular weight is 291 g/mol. The van der Waals surface area contributed by atoms with Gasteiger partial charge in [0.25, 0.3) is 5.91 Å². The Morgan fingerprint density at radius 2 is 1.81 bits per heavy atom. The average Bonchev–Trinajstić information content (AvgIpc) is 2.40. The second kappa shape index (κ2) is 6.16. The van der Waals surface area contributed by atoms with Crippen LogP contribution in [-0.4, -0.2) is 36.2 Å². The van der Waals surface area contributed by atoms with Crippen LogP contribution in [0.1, 0.15) is 39.2 Å². The Morgan fingerprint density at radius 1 is 1.24 bits per heavy atom. The largest absolute Gasteiger partial charge is 0.385 e. The second-order valence-corrected chi connectivity index (χ2v) is 7.12. The first-order valence-electron chi connectivity index (χ1n) is 7.71. The van der Waals surface area contributed by atoms with Crippen molar-refractivity contribution in [3.05, 3.63) is 35.9 Å². The van der Waals surface area contributed by atoms with E-state index in [-0.39, 0.29) is 11.4 Å². The van der Waals surface area contributed by atoms with E-state index >= 15 is 0 Å². The number of nitrogens with one attached hydrogen (secondary N) is 2. The van der Waals surface area contributed by atoms with E-state index in [0.29, 0.717) is 19.4 Å². The van der Waals surface area contributed by atoms with E-state index in [0.717, 1.165) is 18.7 Å². The lowest BCUT2D eigenvalue weighted by molar-refractivity contribution is -0.900. The molecular weight excluding hydrogens is 264 g/mol. The minimum Gasteiger partial charge on any atom is -0.385 e. The van der Waals surface area contributed by atoms with E-state index in [4.69, 9.17) is 0 Å². The van der Waals surface area contributed by atoms with E-state index in [1.165, 1.54) is 4.90 Å². The maximum absolute atomic E-state index is 12.0. The van der Waals surface area contributed by atoms with Crippen molar-refractivity contribution in [2.45, 2.75) is 44.8 Å². The summed E-state index contributed by atoms with van der Waals surface area (Å²) in [5, 5.41) is 13.8. The number of hydrogen-bond donors (Lipinski definition) is 3. The van der Waals surface area contributed by atoms with Crippen molar-refractivity contribution in [2.75, 3.05) is 19.6 Å². The lowest BCUT2D eigenvalue weighted by Gasteiger charge is -2.36. The van der Waals surface area contributed by atoms with Gasteiger partial charge in [-0.3, -0.25) is 4.79 Å². The number of likely N-dealkylation sites (tertiary alicyclic amines) is 1. The molecule has 0 unspecified atom stereocenters. The Bertz CT molecular complexity index is 471. The van der Waals surface area contributed by atoms with Gasteiger partial charge >= 0.3 is 0 Å². The fourth-order valence-corrected chi connectivity index (χ4v) is 2.92. The third kappa shape index (κ3) is 4.55. The van der Waals surface area contributed by atoms with Gasteiger partial charge in [0.05, 0.1) is 13.1 Å². The molecule has 1 amide bonds. The molecule has 4 heteroatoms. The molecule has 1 fully saturated rings. The molecule has 116 valence electrons. The first kappa shape index (κ1) is 16.0. The predicted octanol–water partition coefficient (Wildman–Crippen LogP) is 0.468. The van der Waals surface area contributed by atoms with Crippen LogP contribution in [0.25, 0.3) is 0 Å². The number of piperidine rings is 1. The van der Waals surface area contributed by atoms with Crippen molar-refractivity contribution >= 4 is 5.91 Å². The van der Waals surface area contributed by atoms with Crippen molar-refractivity contribution in [3.63, 3.8) is 0 Å². The van der Waals surface area contributed by atoms with Crippen LogP contribution in [0, 0.1) is 0 Å². The Morgan fingerprint density at radius 3 is 2.33 bits per heavy atom. The Hall–Kier alpha value is -1.39. The summed E-state index contributed by atoms with van der Waals surface area (Å²) in [7, 11) is 0. The van der Waals surface area contributed by atoms with Gasteiger partial charge in [-0.1, -0.05) is 30.3 Å². The monoisotopic (exact) mass is 291 g/mol. The molecule has 2 rings (SSSR count). The minimum absolute atomic E-state index is 0.0858. The summed E-state index contributed by atoms with van der Waals surface area (Å²) in [5.41, 5.74) is 0.0747. The zero-order valence-corrected chi connectivity index (χ0v) is 13.3. The molecule has 1 heterocycles. The van der Waals surface area contributed by atoms with Crippen LogP contribution in [0.2, 0.25) is 0 Å². The predicted molar refractivity (Wildman–Crippen MR) is 83.0 cm³/mol. The zero-order valence-electron chi connectivity index (χ0n) is 13.3. The number of aliphatic hydroxyl groups is 1. The summed E-state index contributed by atoms with van der Waals surface area (Å²) in [6.45, 7) is 8.10. The summed E-state index contributed by atoms with van der Waals surface area (Å²) < 4.78 is 0. The Labute approximate surface area is 127 Å². The summed E-state index contributed by atoms with van der Waals surface area (Å²) in [6, 6.07) is 9.85. The van der Waals surface area contributed by atoms with E-state index in [1.54, 1.807) is 0 Å². The molecule has 0 aromatic heterocycles. The molecular formula is C17H27N2O2+. The van der Waals surface area contributed by atoms with Crippen LogP contribution in [-0.2, 0) is 10.4 Å². The van der Waals surface area contributed by atoms with Gasteiger partial charge in [0.1, 0.15) is 5.60 Å². The van der Waals surface area contributed by atoms with Gasteiger partial charge in [-0.15, -0.1) is 0 Å². The number of hydrogen-bond acceptors (Lipinski definition) is 2. The first-order valence-corrected chi connectivity index (χ1v) is 7.71. The van der Waals surface area contributed by atoms with Gasteiger partial charge in [0.15, 0.2) is 6.54 Å². The van der Waals surface area contributed by atoms with Gasteiger partial charge in [-0.2, -0.15) is 0 Å². The number of benzene rings is 1. The topological polar surface area (TPSA) is 53.8 Å². The summed E-state index contributed by atoms with van der Waals surface area (Å²) in [5.74, 6) is 0.0858. The molecule has 1 saturated heterocycles. The Balaban J connectivity index is 1.87. The van der Waals surface area contributed by atoms with E-state index in [9.17, 15) is 9.90 Å². The van der Waals surface area contributed by atoms with Gasteiger partial charge in [-0.05, 0) is 26.3 Å². The van der Waals surface area contributed by atoms with Crippen LogP contribution in [0.5, 0.6) is 0 Å². The molecule has 0 aliphatic carbocycles. The molecule has 0 bridgehead atoms. The summed E-state index contributed by atoms with van der Waals surface area (Å²) >= 11 is 0. The van der Waals surface area contributed by atoms with Crippen molar-refractivity contribution in [1.29, 1.82) is 0 Å². The standard InChI is InChI=1S/C17H26N2O2/c1-16(2,3)18-15(20)13-19-11-9-17(21,10-12-19)14-7-5-4-6-8-14/h4-8,21H,9-13H2,1-3H3,(H,18,20)/p+1. The number of amides is 1. The van der Waals surface area contributed by atoms with Crippen molar-refractivity contribution in [2.24, 2.45) is 0 Å². The lowest BCUT2D eigenvalue weighted by atomic mass is 9.84. The molecule has 0 radical (unpaired) electrons. The molecule has 0 spiro atoms. The fourth-order valence-electron chi connectivity index (χ4n) is 2.92. The van der Waals surface area contributed by atoms with Crippen LogP contribution < -0.4 is 10.2 Å². The van der Waals surface area contributed by atoms with Gasteiger partial charge < -0.3 is 15.3 Å². The number of rotatable bonds is 3.